The molecule has 124 valence electrons. The monoisotopic (exact) mass is 334 g/mol. The van der Waals surface area contributed by atoms with Gasteiger partial charge in [-0.05, 0) is 48.8 Å². The first-order valence-corrected chi connectivity index (χ1v) is 8.71. The molecule has 1 saturated heterocycles. The van der Waals surface area contributed by atoms with Crippen LogP contribution in [0.3, 0.4) is 0 Å². The Morgan fingerprint density at radius 1 is 1.30 bits per heavy atom. The van der Waals surface area contributed by atoms with Crippen LogP contribution in [0.2, 0.25) is 5.02 Å². The molecule has 2 amide bonds. The molecule has 23 heavy (non-hydrogen) atoms. The van der Waals surface area contributed by atoms with Gasteiger partial charge in [0.1, 0.15) is 0 Å². The predicted molar refractivity (Wildman–Crippen MR) is 90.3 cm³/mol. The fourth-order valence-electron chi connectivity index (χ4n) is 3.45. The molecule has 3 rings (SSSR count). The third-order valence-corrected chi connectivity index (χ3v) is 5.19. The summed E-state index contributed by atoms with van der Waals surface area (Å²) in [5.41, 5.74) is 1.18. The normalized spacial score (nSPS) is 24.3. The van der Waals surface area contributed by atoms with E-state index in [4.69, 9.17) is 11.6 Å². The Hall–Kier alpha value is -1.55. The summed E-state index contributed by atoms with van der Waals surface area (Å²) in [6.07, 6.45) is 2.88. The number of rotatable bonds is 4. The zero-order valence-electron chi connectivity index (χ0n) is 13.4. The summed E-state index contributed by atoms with van der Waals surface area (Å²) in [4.78, 5) is 25.6. The Labute approximate surface area is 142 Å². The number of nitrogens with one attached hydrogen (secondary N) is 1. The highest BCUT2D eigenvalue weighted by molar-refractivity contribution is 6.30. The van der Waals surface area contributed by atoms with E-state index in [-0.39, 0.29) is 17.7 Å². The Bertz CT molecular complexity index is 596. The highest BCUT2D eigenvalue weighted by atomic mass is 35.5. The third-order valence-electron chi connectivity index (χ3n) is 4.95. The first-order valence-electron chi connectivity index (χ1n) is 8.33. The minimum absolute atomic E-state index is 0.0193. The summed E-state index contributed by atoms with van der Waals surface area (Å²) >= 11 is 6.04. The van der Waals surface area contributed by atoms with Gasteiger partial charge >= 0.3 is 0 Å². The summed E-state index contributed by atoms with van der Waals surface area (Å²) in [5, 5.41) is 3.61. The van der Waals surface area contributed by atoms with Crippen LogP contribution in [0.4, 0.5) is 0 Å². The van der Waals surface area contributed by atoms with E-state index < -0.39 is 0 Å². The molecule has 1 heterocycles. The van der Waals surface area contributed by atoms with Crippen LogP contribution in [-0.4, -0.2) is 36.3 Å². The number of hydrogen-bond acceptors (Lipinski definition) is 2. The average Bonchev–Trinajstić information content (AvgIpc) is 3.33. The predicted octanol–water partition coefficient (Wildman–Crippen LogP) is 2.82. The molecular formula is C18H23ClN2O2. The van der Waals surface area contributed by atoms with Crippen LogP contribution in [0, 0.1) is 11.8 Å². The Kier molecular flexibility index (Phi) is 4.90. The maximum atomic E-state index is 12.6. The molecule has 1 aliphatic carbocycles. The van der Waals surface area contributed by atoms with Gasteiger partial charge in [0.15, 0.2) is 0 Å². The summed E-state index contributed by atoms with van der Waals surface area (Å²) in [7, 11) is 0. The summed E-state index contributed by atoms with van der Waals surface area (Å²) in [6.45, 7) is 3.89. The quantitative estimate of drug-likeness (QED) is 0.920. The highest BCUT2D eigenvalue weighted by Gasteiger charge is 2.46. The van der Waals surface area contributed by atoms with Crippen LogP contribution in [0.25, 0.3) is 0 Å². The van der Waals surface area contributed by atoms with Gasteiger partial charge in [-0.1, -0.05) is 23.7 Å². The van der Waals surface area contributed by atoms with Crippen molar-refractivity contribution in [3.05, 3.63) is 34.9 Å². The van der Waals surface area contributed by atoms with Crippen molar-refractivity contribution in [2.24, 2.45) is 11.8 Å². The van der Waals surface area contributed by atoms with Crippen molar-refractivity contribution in [2.45, 2.75) is 32.1 Å². The lowest BCUT2D eigenvalue weighted by atomic mass is 9.96. The van der Waals surface area contributed by atoms with Crippen LogP contribution in [-0.2, 0) is 9.59 Å². The molecule has 0 spiro atoms. The van der Waals surface area contributed by atoms with Gasteiger partial charge < -0.3 is 10.2 Å². The SMILES string of the molecule is CC(=O)NCC1CCN(C(=O)[C@H]2C[C@@H]2c2cccc(Cl)c2)CC1. The van der Waals surface area contributed by atoms with E-state index in [1.54, 1.807) is 6.92 Å². The maximum absolute atomic E-state index is 12.6. The van der Waals surface area contributed by atoms with E-state index in [0.29, 0.717) is 11.8 Å². The number of carbonyl (C=O) groups is 2. The van der Waals surface area contributed by atoms with E-state index in [0.717, 1.165) is 43.9 Å². The van der Waals surface area contributed by atoms with Crippen LogP contribution in [0.1, 0.15) is 37.7 Å². The number of hydrogen-bond donors (Lipinski definition) is 1. The van der Waals surface area contributed by atoms with Crippen LogP contribution < -0.4 is 5.32 Å². The van der Waals surface area contributed by atoms with Crippen molar-refractivity contribution in [3.63, 3.8) is 0 Å². The number of nitrogens with zero attached hydrogens (tertiary/aromatic N) is 1. The standard InChI is InChI=1S/C18H23ClN2O2/c1-12(22)20-11-13-5-7-21(8-6-13)18(23)17-10-16(17)14-3-2-4-15(19)9-14/h2-4,9,13,16-17H,5-8,10-11H2,1H3,(H,20,22)/t16-,17+/m1/s1. The molecule has 1 N–H and O–H groups in total. The molecule has 2 atom stereocenters. The number of carbonyl (C=O) groups excluding carboxylic acids is 2. The van der Waals surface area contributed by atoms with Crippen molar-refractivity contribution in [1.82, 2.24) is 10.2 Å². The van der Waals surface area contributed by atoms with Gasteiger partial charge in [0.2, 0.25) is 11.8 Å². The summed E-state index contributed by atoms with van der Waals surface area (Å²) in [5.74, 6) is 1.25. The summed E-state index contributed by atoms with van der Waals surface area (Å²) < 4.78 is 0. The van der Waals surface area contributed by atoms with Crippen molar-refractivity contribution < 1.29 is 9.59 Å². The fourth-order valence-corrected chi connectivity index (χ4v) is 3.65. The van der Waals surface area contributed by atoms with Gasteiger partial charge in [-0.25, -0.2) is 0 Å². The number of amides is 2. The maximum Gasteiger partial charge on any atom is 0.226 e. The topological polar surface area (TPSA) is 49.4 Å². The molecule has 0 bridgehead atoms. The minimum Gasteiger partial charge on any atom is -0.356 e. The molecule has 2 aliphatic rings. The molecular weight excluding hydrogens is 312 g/mol. The number of piperidine rings is 1. The molecule has 1 aliphatic heterocycles. The lowest BCUT2D eigenvalue weighted by molar-refractivity contribution is -0.134. The van der Waals surface area contributed by atoms with Crippen molar-refractivity contribution in [1.29, 1.82) is 0 Å². The van der Waals surface area contributed by atoms with Gasteiger partial charge in [-0.15, -0.1) is 0 Å². The minimum atomic E-state index is 0.0193. The van der Waals surface area contributed by atoms with E-state index >= 15 is 0 Å². The van der Waals surface area contributed by atoms with Gasteiger partial charge in [0, 0.05) is 37.5 Å². The van der Waals surface area contributed by atoms with E-state index in [2.05, 4.69) is 11.4 Å². The highest BCUT2D eigenvalue weighted by Crippen LogP contribution is 2.49. The second-order valence-electron chi connectivity index (χ2n) is 6.71. The molecule has 1 aromatic rings. The fraction of sp³-hybridized carbons (Fsp3) is 0.556. The first kappa shape index (κ1) is 16.3. The third kappa shape index (κ3) is 4.05. The number of halogens is 1. The molecule has 0 unspecified atom stereocenters. The Morgan fingerprint density at radius 3 is 2.70 bits per heavy atom. The van der Waals surface area contributed by atoms with Crippen molar-refractivity contribution in [3.8, 4) is 0 Å². The van der Waals surface area contributed by atoms with E-state index in [1.807, 2.05) is 23.1 Å². The summed E-state index contributed by atoms with van der Waals surface area (Å²) in [6, 6.07) is 7.85. The molecule has 1 saturated carbocycles. The second kappa shape index (κ2) is 6.91. The molecule has 0 aromatic heterocycles. The zero-order valence-corrected chi connectivity index (χ0v) is 14.2. The molecule has 2 fully saturated rings. The molecule has 4 nitrogen and oxygen atoms in total. The largest absolute Gasteiger partial charge is 0.356 e. The van der Waals surface area contributed by atoms with E-state index in [1.165, 1.54) is 5.56 Å². The van der Waals surface area contributed by atoms with Crippen molar-refractivity contribution in [2.75, 3.05) is 19.6 Å². The zero-order chi connectivity index (χ0) is 16.4. The van der Waals surface area contributed by atoms with Gasteiger partial charge in [-0.2, -0.15) is 0 Å². The van der Waals surface area contributed by atoms with Gasteiger partial charge in [-0.3, -0.25) is 9.59 Å². The van der Waals surface area contributed by atoms with Gasteiger partial charge in [0.25, 0.3) is 0 Å². The molecule has 1 aromatic carbocycles. The van der Waals surface area contributed by atoms with Crippen molar-refractivity contribution >= 4 is 23.4 Å². The second-order valence-corrected chi connectivity index (χ2v) is 7.15. The van der Waals surface area contributed by atoms with Crippen LogP contribution in [0.15, 0.2) is 24.3 Å². The molecule has 0 radical (unpaired) electrons. The first-order chi connectivity index (χ1) is 11.0. The smallest absolute Gasteiger partial charge is 0.226 e. The Morgan fingerprint density at radius 2 is 2.04 bits per heavy atom. The number of likely N-dealkylation sites (tertiary alicyclic amines) is 1. The van der Waals surface area contributed by atoms with Crippen LogP contribution in [0.5, 0.6) is 0 Å². The molecule has 5 heteroatoms. The lowest BCUT2D eigenvalue weighted by Gasteiger charge is -2.32. The van der Waals surface area contributed by atoms with E-state index in [9.17, 15) is 9.59 Å². The Balaban J connectivity index is 1.48. The number of benzene rings is 1. The lowest BCUT2D eigenvalue weighted by Crippen LogP contribution is -2.42. The average molecular weight is 335 g/mol. The van der Waals surface area contributed by atoms with Crippen LogP contribution >= 0.6 is 11.6 Å². The van der Waals surface area contributed by atoms with Gasteiger partial charge in [0.05, 0.1) is 0 Å².